The van der Waals surface area contributed by atoms with Gasteiger partial charge in [-0.25, -0.2) is 4.79 Å². The lowest BCUT2D eigenvalue weighted by Gasteiger charge is -2.33. The first-order chi connectivity index (χ1) is 8.72. The highest BCUT2D eigenvalue weighted by Crippen LogP contribution is 2.20. The maximum absolute atomic E-state index is 12.2. The van der Waals surface area contributed by atoms with Crippen molar-refractivity contribution in [3.63, 3.8) is 0 Å². The van der Waals surface area contributed by atoms with Crippen molar-refractivity contribution in [1.29, 1.82) is 0 Å². The largest absolute Gasteiger partial charge is 0.467 e. The molecule has 0 radical (unpaired) electrons. The molecule has 1 amide bonds. The molecular weight excluding hydrogens is 250 g/mol. The minimum atomic E-state index is -0.394. The van der Waals surface area contributed by atoms with Gasteiger partial charge in [0, 0.05) is 6.54 Å². The van der Waals surface area contributed by atoms with E-state index in [-0.39, 0.29) is 11.9 Å². The Kier molecular flexibility index (Phi) is 4.36. The molecule has 1 saturated heterocycles. The number of hydrogen-bond donors (Lipinski definition) is 0. The number of ether oxygens (including phenoxy) is 1. The highest BCUT2D eigenvalue weighted by atomic mass is 32.1. The fourth-order valence-corrected chi connectivity index (χ4v) is 2.95. The third kappa shape index (κ3) is 2.90. The van der Waals surface area contributed by atoms with Gasteiger partial charge >= 0.3 is 5.97 Å². The van der Waals surface area contributed by atoms with Crippen LogP contribution in [0.3, 0.4) is 0 Å². The van der Waals surface area contributed by atoms with Crippen molar-refractivity contribution < 1.29 is 14.3 Å². The molecule has 0 bridgehead atoms. The lowest BCUT2D eigenvalue weighted by molar-refractivity contribution is -0.154. The monoisotopic (exact) mass is 267 g/mol. The summed E-state index contributed by atoms with van der Waals surface area (Å²) >= 11 is 1.58. The highest BCUT2D eigenvalue weighted by Gasteiger charge is 2.32. The topological polar surface area (TPSA) is 46.6 Å². The van der Waals surface area contributed by atoms with Gasteiger partial charge in [-0.3, -0.25) is 4.79 Å². The van der Waals surface area contributed by atoms with Crippen LogP contribution in [-0.2, 0) is 20.7 Å². The number of nitrogens with zero attached hydrogens (tertiary/aromatic N) is 1. The number of esters is 1. The molecule has 1 aliphatic heterocycles. The molecule has 0 saturated carbocycles. The van der Waals surface area contributed by atoms with E-state index in [0.717, 1.165) is 18.4 Å². The van der Waals surface area contributed by atoms with E-state index in [1.165, 1.54) is 7.11 Å². The van der Waals surface area contributed by atoms with Gasteiger partial charge in [-0.05, 0) is 41.7 Å². The average Bonchev–Trinajstić information content (AvgIpc) is 2.90. The van der Waals surface area contributed by atoms with Crippen molar-refractivity contribution in [3.8, 4) is 0 Å². The Morgan fingerprint density at radius 2 is 2.33 bits per heavy atom. The minimum absolute atomic E-state index is 0.0171. The molecule has 5 heteroatoms. The molecule has 18 heavy (non-hydrogen) atoms. The third-order valence-corrected chi connectivity index (χ3v) is 3.96. The molecule has 2 heterocycles. The van der Waals surface area contributed by atoms with Gasteiger partial charge < -0.3 is 9.64 Å². The number of carbonyl (C=O) groups excluding carboxylic acids is 2. The summed E-state index contributed by atoms with van der Waals surface area (Å²) < 4.78 is 4.77. The van der Waals surface area contributed by atoms with Gasteiger partial charge in [-0.2, -0.15) is 11.3 Å². The molecule has 1 aromatic heterocycles. The third-order valence-electron chi connectivity index (χ3n) is 3.23. The molecular formula is C13H17NO3S. The Balaban J connectivity index is 2.04. The van der Waals surface area contributed by atoms with Crippen LogP contribution in [0.25, 0.3) is 0 Å². The van der Waals surface area contributed by atoms with E-state index < -0.39 is 6.04 Å². The number of methoxy groups -OCH3 is 1. The Morgan fingerprint density at radius 3 is 3.00 bits per heavy atom. The van der Waals surface area contributed by atoms with Crippen LogP contribution in [0, 0.1) is 0 Å². The molecule has 1 unspecified atom stereocenters. The Bertz CT molecular complexity index is 416. The van der Waals surface area contributed by atoms with E-state index in [0.29, 0.717) is 19.4 Å². The molecule has 0 N–H and O–H groups in total. The molecule has 98 valence electrons. The average molecular weight is 267 g/mol. The second kappa shape index (κ2) is 6.00. The van der Waals surface area contributed by atoms with Gasteiger partial charge in [0.05, 0.1) is 13.5 Å². The summed E-state index contributed by atoms with van der Waals surface area (Å²) in [4.78, 5) is 25.6. The standard InChI is InChI=1S/C13H17NO3S/c1-17-13(16)11-4-2-3-6-14(11)12(15)8-10-5-7-18-9-10/h5,7,9,11H,2-4,6,8H2,1H3. The Hall–Kier alpha value is -1.36. The van der Waals surface area contributed by atoms with Gasteiger partial charge in [-0.15, -0.1) is 0 Å². The quantitative estimate of drug-likeness (QED) is 0.785. The van der Waals surface area contributed by atoms with Gasteiger partial charge in [0.1, 0.15) is 6.04 Å². The van der Waals surface area contributed by atoms with Crippen molar-refractivity contribution in [2.75, 3.05) is 13.7 Å². The molecule has 1 fully saturated rings. The number of likely N-dealkylation sites (tertiary alicyclic amines) is 1. The number of hydrogen-bond acceptors (Lipinski definition) is 4. The number of piperidine rings is 1. The lowest BCUT2D eigenvalue weighted by Crippen LogP contribution is -2.49. The zero-order valence-corrected chi connectivity index (χ0v) is 11.2. The number of carbonyl (C=O) groups is 2. The second-order valence-corrected chi connectivity index (χ2v) is 5.21. The van der Waals surface area contributed by atoms with Crippen LogP contribution in [0.1, 0.15) is 24.8 Å². The normalized spacial score (nSPS) is 19.6. The molecule has 0 spiro atoms. The zero-order valence-electron chi connectivity index (χ0n) is 10.4. The van der Waals surface area contributed by atoms with Crippen LogP contribution in [0.2, 0.25) is 0 Å². The van der Waals surface area contributed by atoms with Crippen molar-refractivity contribution in [1.82, 2.24) is 4.90 Å². The fourth-order valence-electron chi connectivity index (χ4n) is 2.28. The summed E-state index contributed by atoms with van der Waals surface area (Å²) in [6.07, 6.45) is 3.02. The Morgan fingerprint density at radius 1 is 1.50 bits per heavy atom. The van der Waals surface area contributed by atoms with Crippen LogP contribution < -0.4 is 0 Å². The lowest BCUT2D eigenvalue weighted by atomic mass is 10.0. The van der Waals surface area contributed by atoms with E-state index in [4.69, 9.17) is 4.74 Å². The van der Waals surface area contributed by atoms with Gasteiger partial charge in [0.2, 0.25) is 5.91 Å². The van der Waals surface area contributed by atoms with Crippen LogP contribution in [0.5, 0.6) is 0 Å². The molecule has 2 rings (SSSR count). The summed E-state index contributed by atoms with van der Waals surface area (Å²) in [6, 6.07) is 1.55. The second-order valence-electron chi connectivity index (χ2n) is 4.43. The minimum Gasteiger partial charge on any atom is -0.467 e. The maximum atomic E-state index is 12.2. The molecule has 0 aromatic carbocycles. The predicted octanol–water partition coefficient (Wildman–Crippen LogP) is 1.84. The van der Waals surface area contributed by atoms with Gasteiger partial charge in [0.25, 0.3) is 0 Å². The highest BCUT2D eigenvalue weighted by molar-refractivity contribution is 7.07. The smallest absolute Gasteiger partial charge is 0.328 e. The van der Waals surface area contributed by atoms with E-state index >= 15 is 0 Å². The van der Waals surface area contributed by atoms with E-state index in [1.54, 1.807) is 16.2 Å². The van der Waals surface area contributed by atoms with Crippen LogP contribution >= 0.6 is 11.3 Å². The van der Waals surface area contributed by atoms with Gasteiger partial charge in [0.15, 0.2) is 0 Å². The van der Waals surface area contributed by atoms with Crippen molar-refractivity contribution in [2.24, 2.45) is 0 Å². The van der Waals surface area contributed by atoms with E-state index in [1.807, 2.05) is 16.8 Å². The summed E-state index contributed by atoms with van der Waals surface area (Å²) in [5.41, 5.74) is 1.01. The molecule has 0 aliphatic carbocycles. The first-order valence-corrected chi connectivity index (χ1v) is 7.05. The Labute approximate surface area is 111 Å². The fraction of sp³-hybridized carbons (Fsp3) is 0.538. The zero-order chi connectivity index (χ0) is 13.0. The molecule has 4 nitrogen and oxygen atoms in total. The number of amides is 1. The SMILES string of the molecule is COC(=O)C1CCCCN1C(=O)Cc1ccsc1. The van der Waals surface area contributed by atoms with Crippen molar-refractivity contribution >= 4 is 23.2 Å². The van der Waals surface area contributed by atoms with Crippen molar-refractivity contribution in [3.05, 3.63) is 22.4 Å². The molecule has 1 aromatic rings. The van der Waals surface area contributed by atoms with Crippen LogP contribution in [0.4, 0.5) is 0 Å². The van der Waals surface area contributed by atoms with Crippen LogP contribution in [0.15, 0.2) is 16.8 Å². The first-order valence-electron chi connectivity index (χ1n) is 6.10. The van der Waals surface area contributed by atoms with Gasteiger partial charge in [-0.1, -0.05) is 0 Å². The van der Waals surface area contributed by atoms with E-state index in [2.05, 4.69) is 0 Å². The predicted molar refractivity (Wildman–Crippen MR) is 69.4 cm³/mol. The molecule has 1 atom stereocenters. The summed E-state index contributed by atoms with van der Waals surface area (Å²) in [7, 11) is 1.37. The summed E-state index contributed by atoms with van der Waals surface area (Å²) in [5, 5.41) is 3.92. The number of thiophene rings is 1. The number of rotatable bonds is 3. The van der Waals surface area contributed by atoms with Crippen LogP contribution in [-0.4, -0.2) is 36.5 Å². The summed E-state index contributed by atoms with van der Waals surface area (Å²) in [5.74, 6) is -0.281. The first kappa shape index (κ1) is 13.1. The van der Waals surface area contributed by atoms with Crippen molar-refractivity contribution in [2.45, 2.75) is 31.7 Å². The summed E-state index contributed by atoms with van der Waals surface area (Å²) in [6.45, 7) is 0.655. The van der Waals surface area contributed by atoms with E-state index in [9.17, 15) is 9.59 Å². The molecule has 1 aliphatic rings. The maximum Gasteiger partial charge on any atom is 0.328 e.